The lowest BCUT2D eigenvalue weighted by Crippen LogP contribution is -2.36. The standard InChI is InChI=1S/C13H21NO2/c1-13(10-14,16-3)8-7-11-5-4-6-12(9-11)15-2/h4-6,9H,7-8,10,14H2,1-3H3. The van der Waals surface area contributed by atoms with Crippen LogP contribution in [0.4, 0.5) is 0 Å². The van der Waals surface area contributed by atoms with Gasteiger partial charge in [-0.1, -0.05) is 12.1 Å². The summed E-state index contributed by atoms with van der Waals surface area (Å²) in [6, 6.07) is 8.09. The Morgan fingerprint density at radius 3 is 2.62 bits per heavy atom. The van der Waals surface area contributed by atoms with Crippen molar-refractivity contribution in [3.63, 3.8) is 0 Å². The Hall–Kier alpha value is -1.06. The first-order valence-electron chi connectivity index (χ1n) is 5.52. The van der Waals surface area contributed by atoms with Crippen LogP contribution >= 0.6 is 0 Å². The normalized spacial score (nSPS) is 14.5. The second kappa shape index (κ2) is 5.87. The summed E-state index contributed by atoms with van der Waals surface area (Å²) in [6.07, 6.45) is 1.85. The van der Waals surface area contributed by atoms with Gasteiger partial charge in [0, 0.05) is 13.7 Å². The third-order valence-electron chi connectivity index (χ3n) is 3.00. The molecule has 0 spiro atoms. The summed E-state index contributed by atoms with van der Waals surface area (Å²) in [5.41, 5.74) is 6.70. The zero-order valence-corrected chi connectivity index (χ0v) is 10.3. The Labute approximate surface area is 97.6 Å². The number of hydrogen-bond donors (Lipinski definition) is 1. The van der Waals surface area contributed by atoms with Gasteiger partial charge in [-0.2, -0.15) is 0 Å². The molecule has 3 nitrogen and oxygen atoms in total. The highest BCUT2D eigenvalue weighted by molar-refractivity contribution is 5.28. The summed E-state index contributed by atoms with van der Waals surface area (Å²) >= 11 is 0. The minimum Gasteiger partial charge on any atom is -0.497 e. The van der Waals surface area contributed by atoms with E-state index in [0.29, 0.717) is 6.54 Å². The van der Waals surface area contributed by atoms with E-state index >= 15 is 0 Å². The van der Waals surface area contributed by atoms with E-state index in [1.165, 1.54) is 5.56 Å². The first-order chi connectivity index (χ1) is 7.63. The molecule has 90 valence electrons. The van der Waals surface area contributed by atoms with Crippen molar-refractivity contribution in [2.24, 2.45) is 5.73 Å². The number of methoxy groups -OCH3 is 2. The molecule has 0 aliphatic carbocycles. The fourth-order valence-corrected chi connectivity index (χ4v) is 1.52. The molecule has 1 unspecified atom stereocenters. The van der Waals surface area contributed by atoms with Crippen LogP contribution in [0.25, 0.3) is 0 Å². The number of nitrogens with two attached hydrogens (primary N) is 1. The molecule has 0 fully saturated rings. The average Bonchev–Trinajstić information content (AvgIpc) is 2.36. The number of rotatable bonds is 6. The molecule has 0 radical (unpaired) electrons. The van der Waals surface area contributed by atoms with Crippen molar-refractivity contribution >= 4 is 0 Å². The van der Waals surface area contributed by atoms with Crippen LogP contribution in [0.5, 0.6) is 5.75 Å². The molecule has 3 heteroatoms. The molecule has 2 N–H and O–H groups in total. The van der Waals surface area contributed by atoms with Crippen LogP contribution in [0.15, 0.2) is 24.3 Å². The summed E-state index contributed by atoms with van der Waals surface area (Å²) in [5.74, 6) is 0.893. The van der Waals surface area contributed by atoms with E-state index in [1.807, 2.05) is 25.1 Å². The second-order valence-corrected chi connectivity index (χ2v) is 4.21. The van der Waals surface area contributed by atoms with Gasteiger partial charge < -0.3 is 15.2 Å². The molecule has 0 saturated heterocycles. The highest BCUT2D eigenvalue weighted by atomic mass is 16.5. The van der Waals surface area contributed by atoms with Gasteiger partial charge in [-0.3, -0.25) is 0 Å². The fraction of sp³-hybridized carbons (Fsp3) is 0.538. The molecule has 16 heavy (non-hydrogen) atoms. The Bertz CT molecular complexity index is 321. The molecule has 1 aromatic rings. The maximum atomic E-state index is 5.69. The number of benzene rings is 1. The van der Waals surface area contributed by atoms with Crippen molar-refractivity contribution in [1.82, 2.24) is 0 Å². The minimum atomic E-state index is -0.233. The zero-order chi connectivity index (χ0) is 12.0. The van der Waals surface area contributed by atoms with Crippen LogP contribution in [-0.4, -0.2) is 26.4 Å². The van der Waals surface area contributed by atoms with Gasteiger partial charge >= 0.3 is 0 Å². The van der Waals surface area contributed by atoms with Crippen molar-refractivity contribution in [2.45, 2.75) is 25.4 Å². The molecule has 0 amide bonds. The van der Waals surface area contributed by atoms with Crippen LogP contribution in [0.2, 0.25) is 0 Å². The minimum absolute atomic E-state index is 0.233. The highest BCUT2D eigenvalue weighted by Crippen LogP contribution is 2.19. The van der Waals surface area contributed by atoms with Crippen LogP contribution in [0.3, 0.4) is 0 Å². The topological polar surface area (TPSA) is 44.5 Å². The van der Waals surface area contributed by atoms with E-state index in [2.05, 4.69) is 6.07 Å². The Balaban J connectivity index is 2.60. The predicted molar refractivity (Wildman–Crippen MR) is 65.8 cm³/mol. The third kappa shape index (κ3) is 3.51. The van der Waals surface area contributed by atoms with E-state index in [1.54, 1.807) is 14.2 Å². The SMILES string of the molecule is COc1cccc(CCC(C)(CN)OC)c1. The summed E-state index contributed by atoms with van der Waals surface area (Å²) in [4.78, 5) is 0. The van der Waals surface area contributed by atoms with Gasteiger partial charge in [-0.25, -0.2) is 0 Å². The van der Waals surface area contributed by atoms with Crippen LogP contribution in [0, 0.1) is 0 Å². The van der Waals surface area contributed by atoms with E-state index in [4.69, 9.17) is 15.2 Å². The molecule has 0 saturated carbocycles. The Kier molecular flexibility index (Phi) is 4.77. The number of aryl methyl sites for hydroxylation is 1. The van der Waals surface area contributed by atoms with Crippen LogP contribution < -0.4 is 10.5 Å². The molecular formula is C13H21NO2. The monoisotopic (exact) mass is 223 g/mol. The fourth-order valence-electron chi connectivity index (χ4n) is 1.52. The quantitative estimate of drug-likeness (QED) is 0.802. The van der Waals surface area contributed by atoms with Crippen molar-refractivity contribution in [3.8, 4) is 5.75 Å². The zero-order valence-electron chi connectivity index (χ0n) is 10.3. The lowest BCUT2D eigenvalue weighted by molar-refractivity contribution is 0.00704. The largest absolute Gasteiger partial charge is 0.497 e. The number of hydrogen-bond acceptors (Lipinski definition) is 3. The van der Waals surface area contributed by atoms with Crippen molar-refractivity contribution in [1.29, 1.82) is 0 Å². The molecule has 1 aromatic carbocycles. The Morgan fingerprint density at radius 2 is 2.06 bits per heavy atom. The van der Waals surface area contributed by atoms with Gasteiger partial charge in [-0.05, 0) is 37.5 Å². The summed E-state index contributed by atoms with van der Waals surface area (Å²) in [5, 5.41) is 0. The van der Waals surface area contributed by atoms with Gasteiger partial charge in [0.2, 0.25) is 0 Å². The van der Waals surface area contributed by atoms with Crippen molar-refractivity contribution < 1.29 is 9.47 Å². The maximum absolute atomic E-state index is 5.69. The van der Waals surface area contributed by atoms with Gasteiger partial charge in [0.05, 0.1) is 12.7 Å². The summed E-state index contributed by atoms with van der Waals surface area (Å²) in [7, 11) is 3.39. The first-order valence-corrected chi connectivity index (χ1v) is 5.52. The smallest absolute Gasteiger partial charge is 0.119 e. The van der Waals surface area contributed by atoms with Crippen molar-refractivity contribution in [3.05, 3.63) is 29.8 Å². The van der Waals surface area contributed by atoms with Crippen molar-refractivity contribution in [2.75, 3.05) is 20.8 Å². The van der Waals surface area contributed by atoms with Crippen LogP contribution in [0.1, 0.15) is 18.9 Å². The second-order valence-electron chi connectivity index (χ2n) is 4.21. The molecule has 0 aliphatic heterocycles. The molecule has 1 rings (SSSR count). The first kappa shape index (κ1) is 13.0. The molecule has 0 aromatic heterocycles. The lowest BCUT2D eigenvalue weighted by Gasteiger charge is -2.26. The maximum Gasteiger partial charge on any atom is 0.119 e. The van der Waals surface area contributed by atoms with Gasteiger partial charge in [0.1, 0.15) is 5.75 Å². The Morgan fingerprint density at radius 1 is 1.31 bits per heavy atom. The summed E-state index contributed by atoms with van der Waals surface area (Å²) in [6.45, 7) is 2.57. The van der Waals surface area contributed by atoms with E-state index in [9.17, 15) is 0 Å². The highest BCUT2D eigenvalue weighted by Gasteiger charge is 2.20. The predicted octanol–water partition coefficient (Wildman–Crippen LogP) is 1.99. The summed E-state index contributed by atoms with van der Waals surface area (Å²) < 4.78 is 10.6. The molecular weight excluding hydrogens is 202 g/mol. The van der Waals surface area contributed by atoms with Gasteiger partial charge in [0.25, 0.3) is 0 Å². The van der Waals surface area contributed by atoms with Gasteiger partial charge in [0.15, 0.2) is 0 Å². The molecule has 1 atom stereocenters. The third-order valence-corrected chi connectivity index (χ3v) is 3.00. The van der Waals surface area contributed by atoms with Gasteiger partial charge in [-0.15, -0.1) is 0 Å². The average molecular weight is 223 g/mol. The molecule has 0 heterocycles. The van der Waals surface area contributed by atoms with E-state index < -0.39 is 0 Å². The van der Waals surface area contributed by atoms with Crippen LogP contribution in [-0.2, 0) is 11.2 Å². The van der Waals surface area contributed by atoms with E-state index in [0.717, 1.165) is 18.6 Å². The molecule has 0 bridgehead atoms. The lowest BCUT2D eigenvalue weighted by atomic mass is 9.96. The number of ether oxygens (including phenoxy) is 2. The molecule has 0 aliphatic rings. The van der Waals surface area contributed by atoms with E-state index in [-0.39, 0.29) is 5.60 Å².